The Morgan fingerprint density at radius 2 is 2.06 bits per heavy atom. The second-order valence-electron chi connectivity index (χ2n) is 5.29. The van der Waals surface area contributed by atoms with Crippen molar-refractivity contribution in [2.75, 3.05) is 6.54 Å². The molecule has 0 amide bonds. The second-order valence-corrected chi connectivity index (χ2v) is 5.29. The standard InChI is InChI=1S/C14H27N3/c1-5-8-15-9-14-10-16-11-17(14)13(4)7-6-12(2)3/h10-13,15H,5-9H2,1-4H3. The van der Waals surface area contributed by atoms with E-state index in [0.717, 1.165) is 19.0 Å². The third kappa shape index (κ3) is 4.90. The zero-order valence-corrected chi connectivity index (χ0v) is 11.7. The summed E-state index contributed by atoms with van der Waals surface area (Å²) in [5.74, 6) is 0.780. The van der Waals surface area contributed by atoms with Crippen molar-refractivity contribution in [3.63, 3.8) is 0 Å². The number of hydrogen-bond acceptors (Lipinski definition) is 2. The van der Waals surface area contributed by atoms with Crippen molar-refractivity contribution < 1.29 is 0 Å². The molecule has 0 aliphatic rings. The number of rotatable bonds is 8. The molecule has 0 aromatic carbocycles. The molecule has 1 heterocycles. The van der Waals surface area contributed by atoms with E-state index in [1.54, 1.807) is 0 Å². The summed E-state index contributed by atoms with van der Waals surface area (Å²) < 4.78 is 2.31. The van der Waals surface area contributed by atoms with Gasteiger partial charge in [-0.05, 0) is 38.6 Å². The fraction of sp³-hybridized carbons (Fsp3) is 0.786. The highest BCUT2D eigenvalue weighted by Crippen LogP contribution is 2.18. The number of nitrogens with one attached hydrogen (secondary N) is 1. The van der Waals surface area contributed by atoms with E-state index in [4.69, 9.17) is 0 Å². The van der Waals surface area contributed by atoms with Crippen molar-refractivity contribution in [3.05, 3.63) is 18.2 Å². The SMILES string of the molecule is CCCNCc1cncn1C(C)CCC(C)C. The Morgan fingerprint density at radius 3 is 2.71 bits per heavy atom. The van der Waals surface area contributed by atoms with Gasteiger partial charge in [0.15, 0.2) is 0 Å². The monoisotopic (exact) mass is 237 g/mol. The average Bonchev–Trinajstić information content (AvgIpc) is 2.74. The number of imidazole rings is 1. The Labute approximate surface area is 106 Å². The van der Waals surface area contributed by atoms with E-state index in [9.17, 15) is 0 Å². The molecular weight excluding hydrogens is 210 g/mol. The van der Waals surface area contributed by atoms with Crippen LogP contribution in [-0.4, -0.2) is 16.1 Å². The summed E-state index contributed by atoms with van der Waals surface area (Å²) in [6.07, 6.45) is 7.63. The van der Waals surface area contributed by atoms with Gasteiger partial charge < -0.3 is 9.88 Å². The number of nitrogens with zero attached hydrogens (tertiary/aromatic N) is 2. The molecule has 1 atom stereocenters. The van der Waals surface area contributed by atoms with Gasteiger partial charge in [-0.15, -0.1) is 0 Å². The van der Waals surface area contributed by atoms with Crippen LogP contribution in [0.25, 0.3) is 0 Å². The van der Waals surface area contributed by atoms with Crippen LogP contribution in [0.2, 0.25) is 0 Å². The van der Waals surface area contributed by atoms with Gasteiger partial charge in [-0.1, -0.05) is 20.8 Å². The van der Waals surface area contributed by atoms with Crippen molar-refractivity contribution in [2.45, 2.75) is 59.5 Å². The molecule has 0 spiro atoms. The summed E-state index contributed by atoms with van der Waals surface area (Å²) >= 11 is 0. The van der Waals surface area contributed by atoms with Gasteiger partial charge in [-0.3, -0.25) is 0 Å². The van der Waals surface area contributed by atoms with Gasteiger partial charge in [0.2, 0.25) is 0 Å². The van der Waals surface area contributed by atoms with E-state index in [1.165, 1.54) is 25.0 Å². The molecule has 0 aliphatic heterocycles. The summed E-state index contributed by atoms with van der Waals surface area (Å²) in [5.41, 5.74) is 1.30. The lowest BCUT2D eigenvalue weighted by atomic mass is 10.0. The van der Waals surface area contributed by atoms with Crippen LogP contribution >= 0.6 is 0 Å². The van der Waals surface area contributed by atoms with Gasteiger partial charge in [0, 0.05) is 18.8 Å². The topological polar surface area (TPSA) is 29.9 Å². The molecule has 17 heavy (non-hydrogen) atoms. The Balaban J connectivity index is 2.48. The average molecular weight is 237 g/mol. The minimum Gasteiger partial charge on any atom is -0.331 e. The molecule has 1 aromatic heterocycles. The molecule has 3 nitrogen and oxygen atoms in total. The third-order valence-corrected chi connectivity index (χ3v) is 3.12. The Morgan fingerprint density at radius 1 is 1.29 bits per heavy atom. The number of aromatic nitrogens is 2. The van der Waals surface area contributed by atoms with Gasteiger partial charge in [0.05, 0.1) is 12.0 Å². The fourth-order valence-electron chi connectivity index (χ4n) is 1.97. The van der Waals surface area contributed by atoms with Gasteiger partial charge in [-0.25, -0.2) is 4.98 Å². The summed E-state index contributed by atoms with van der Waals surface area (Å²) in [7, 11) is 0. The Kier molecular flexibility index (Phi) is 6.27. The summed E-state index contributed by atoms with van der Waals surface area (Å²) in [4.78, 5) is 4.27. The van der Waals surface area contributed by atoms with Gasteiger partial charge in [-0.2, -0.15) is 0 Å². The molecule has 3 heteroatoms. The van der Waals surface area contributed by atoms with Crippen LogP contribution in [0, 0.1) is 5.92 Å². The van der Waals surface area contributed by atoms with Gasteiger partial charge >= 0.3 is 0 Å². The van der Waals surface area contributed by atoms with Crippen LogP contribution in [0.5, 0.6) is 0 Å². The normalized spacial score (nSPS) is 13.2. The molecule has 0 saturated carbocycles. The Hall–Kier alpha value is -0.830. The molecule has 0 fully saturated rings. The van der Waals surface area contributed by atoms with E-state index < -0.39 is 0 Å². The van der Waals surface area contributed by atoms with Crippen molar-refractivity contribution in [3.8, 4) is 0 Å². The molecule has 0 bridgehead atoms. The summed E-state index contributed by atoms with van der Waals surface area (Å²) in [6, 6.07) is 0.554. The molecule has 0 radical (unpaired) electrons. The first-order valence-electron chi connectivity index (χ1n) is 6.86. The fourth-order valence-corrected chi connectivity index (χ4v) is 1.97. The zero-order chi connectivity index (χ0) is 12.7. The maximum absolute atomic E-state index is 4.27. The van der Waals surface area contributed by atoms with Crippen LogP contribution in [-0.2, 0) is 6.54 Å². The zero-order valence-electron chi connectivity index (χ0n) is 11.7. The van der Waals surface area contributed by atoms with Crippen LogP contribution in [0.15, 0.2) is 12.5 Å². The first kappa shape index (κ1) is 14.2. The quantitative estimate of drug-likeness (QED) is 0.702. The van der Waals surface area contributed by atoms with Crippen LogP contribution in [0.3, 0.4) is 0 Å². The highest BCUT2D eigenvalue weighted by atomic mass is 15.1. The lowest BCUT2D eigenvalue weighted by Crippen LogP contribution is -2.18. The van der Waals surface area contributed by atoms with Crippen molar-refractivity contribution in [2.24, 2.45) is 5.92 Å². The third-order valence-electron chi connectivity index (χ3n) is 3.12. The maximum Gasteiger partial charge on any atom is 0.0951 e. The summed E-state index contributed by atoms with van der Waals surface area (Å²) in [5, 5.41) is 3.44. The largest absolute Gasteiger partial charge is 0.331 e. The highest BCUT2D eigenvalue weighted by molar-refractivity contribution is 4.99. The molecule has 0 aliphatic carbocycles. The maximum atomic E-state index is 4.27. The second kappa shape index (κ2) is 7.49. The molecule has 1 N–H and O–H groups in total. The van der Waals surface area contributed by atoms with Crippen molar-refractivity contribution >= 4 is 0 Å². The minimum atomic E-state index is 0.554. The Bertz CT molecular complexity index is 304. The lowest BCUT2D eigenvalue weighted by Gasteiger charge is -2.17. The first-order valence-corrected chi connectivity index (χ1v) is 6.86. The van der Waals surface area contributed by atoms with Crippen molar-refractivity contribution in [1.29, 1.82) is 0 Å². The molecule has 1 unspecified atom stereocenters. The molecule has 98 valence electrons. The molecular formula is C14H27N3. The van der Waals surface area contributed by atoms with Crippen LogP contribution in [0.1, 0.15) is 58.7 Å². The first-order chi connectivity index (χ1) is 8.15. The van der Waals surface area contributed by atoms with Crippen LogP contribution < -0.4 is 5.32 Å². The smallest absolute Gasteiger partial charge is 0.0951 e. The summed E-state index contributed by atoms with van der Waals surface area (Å²) in [6.45, 7) is 11.0. The van der Waals surface area contributed by atoms with Crippen LogP contribution in [0.4, 0.5) is 0 Å². The van der Waals surface area contributed by atoms with E-state index in [1.807, 2.05) is 12.5 Å². The van der Waals surface area contributed by atoms with E-state index in [-0.39, 0.29) is 0 Å². The lowest BCUT2D eigenvalue weighted by molar-refractivity contribution is 0.427. The predicted molar refractivity (Wildman–Crippen MR) is 73.0 cm³/mol. The van der Waals surface area contributed by atoms with Gasteiger partial charge in [0.1, 0.15) is 0 Å². The minimum absolute atomic E-state index is 0.554. The van der Waals surface area contributed by atoms with Crippen molar-refractivity contribution in [1.82, 2.24) is 14.9 Å². The number of hydrogen-bond donors (Lipinski definition) is 1. The van der Waals surface area contributed by atoms with E-state index in [2.05, 4.69) is 42.6 Å². The van der Waals surface area contributed by atoms with Gasteiger partial charge in [0.25, 0.3) is 0 Å². The molecule has 1 rings (SSSR count). The highest BCUT2D eigenvalue weighted by Gasteiger charge is 2.09. The molecule has 1 aromatic rings. The van der Waals surface area contributed by atoms with E-state index in [0.29, 0.717) is 6.04 Å². The van der Waals surface area contributed by atoms with E-state index >= 15 is 0 Å². The predicted octanol–water partition coefficient (Wildman–Crippen LogP) is 3.38. The molecule has 0 saturated heterocycles.